The summed E-state index contributed by atoms with van der Waals surface area (Å²) in [5.74, 6) is 1.08. The molecule has 0 aliphatic carbocycles. The van der Waals surface area contributed by atoms with Crippen molar-refractivity contribution in [1.29, 1.82) is 0 Å². The van der Waals surface area contributed by atoms with E-state index in [1.807, 2.05) is 18.3 Å². The molecule has 2 heterocycles. The summed E-state index contributed by atoms with van der Waals surface area (Å²) in [6, 6.07) is 4.22. The highest BCUT2D eigenvalue weighted by Gasteiger charge is 2.15. The Morgan fingerprint density at radius 1 is 1.41 bits per heavy atom. The second kappa shape index (κ2) is 5.27. The van der Waals surface area contributed by atoms with Crippen LogP contribution in [0.4, 0.5) is 0 Å². The van der Waals surface area contributed by atoms with E-state index in [2.05, 4.69) is 40.6 Å². The van der Waals surface area contributed by atoms with Gasteiger partial charge in [0, 0.05) is 12.7 Å². The predicted molar refractivity (Wildman–Crippen MR) is 69.9 cm³/mol. The van der Waals surface area contributed by atoms with E-state index in [0.717, 1.165) is 36.5 Å². The van der Waals surface area contributed by atoms with Crippen LogP contribution in [0.1, 0.15) is 39.1 Å². The first-order valence-electron chi connectivity index (χ1n) is 6.32. The maximum Gasteiger partial charge on any atom is 0.160 e. The second-order valence-electron chi connectivity index (χ2n) is 4.24. The van der Waals surface area contributed by atoms with Gasteiger partial charge in [-0.2, -0.15) is 0 Å². The van der Waals surface area contributed by atoms with E-state index in [9.17, 15) is 0 Å². The molecule has 2 aromatic rings. The Labute approximate surface area is 102 Å². The molecule has 92 valence electrons. The molecule has 0 amide bonds. The highest BCUT2D eigenvalue weighted by atomic mass is 15.2. The first-order chi connectivity index (χ1) is 8.27. The third-order valence-electron chi connectivity index (χ3n) is 2.94. The van der Waals surface area contributed by atoms with Gasteiger partial charge in [-0.25, -0.2) is 9.97 Å². The average molecular weight is 232 g/mol. The Kier molecular flexibility index (Phi) is 3.74. The third kappa shape index (κ3) is 2.31. The minimum Gasteiger partial charge on any atom is -0.312 e. The van der Waals surface area contributed by atoms with Gasteiger partial charge in [-0.05, 0) is 38.9 Å². The number of fused-ring (bicyclic) bond motifs is 1. The van der Waals surface area contributed by atoms with E-state index >= 15 is 0 Å². The smallest absolute Gasteiger partial charge is 0.160 e. The lowest BCUT2D eigenvalue weighted by Crippen LogP contribution is -2.22. The van der Waals surface area contributed by atoms with E-state index in [1.54, 1.807) is 0 Å². The molecule has 4 heteroatoms. The lowest BCUT2D eigenvalue weighted by atomic mass is 10.3. The van der Waals surface area contributed by atoms with Crippen LogP contribution in [0.2, 0.25) is 0 Å². The zero-order chi connectivity index (χ0) is 12.3. The molecule has 0 saturated carbocycles. The van der Waals surface area contributed by atoms with Crippen molar-refractivity contribution in [3.8, 4) is 0 Å². The first kappa shape index (κ1) is 12.0. The maximum absolute atomic E-state index is 4.67. The van der Waals surface area contributed by atoms with Crippen LogP contribution in [0.5, 0.6) is 0 Å². The van der Waals surface area contributed by atoms with Crippen LogP contribution in [-0.4, -0.2) is 21.1 Å². The molecule has 2 rings (SSSR count). The van der Waals surface area contributed by atoms with E-state index in [-0.39, 0.29) is 6.04 Å². The maximum atomic E-state index is 4.67. The number of nitrogens with one attached hydrogen (secondary N) is 1. The fraction of sp³-hybridized carbons (Fsp3) is 0.538. The minimum atomic E-state index is 0.268. The van der Waals surface area contributed by atoms with Crippen molar-refractivity contribution >= 4 is 11.2 Å². The molecule has 0 fully saturated rings. The first-order valence-corrected chi connectivity index (χ1v) is 6.32. The molecule has 0 aliphatic heterocycles. The molecule has 4 nitrogen and oxygen atoms in total. The largest absolute Gasteiger partial charge is 0.312 e. The quantitative estimate of drug-likeness (QED) is 0.861. The minimum absolute atomic E-state index is 0.268. The Morgan fingerprint density at radius 3 is 2.94 bits per heavy atom. The SMILES string of the molecule is CCCNC(C)c1nc2cccnc2n1CC. The fourth-order valence-corrected chi connectivity index (χ4v) is 2.07. The number of nitrogens with zero attached hydrogens (tertiary/aromatic N) is 3. The van der Waals surface area contributed by atoms with Crippen molar-refractivity contribution in [2.24, 2.45) is 0 Å². The van der Waals surface area contributed by atoms with Gasteiger partial charge < -0.3 is 9.88 Å². The summed E-state index contributed by atoms with van der Waals surface area (Å²) in [7, 11) is 0. The average Bonchev–Trinajstić information content (AvgIpc) is 2.74. The van der Waals surface area contributed by atoms with E-state index in [0.29, 0.717) is 0 Å². The summed E-state index contributed by atoms with van der Waals surface area (Å²) in [5, 5.41) is 3.47. The summed E-state index contributed by atoms with van der Waals surface area (Å²) in [6.45, 7) is 8.38. The number of rotatable bonds is 5. The van der Waals surface area contributed by atoms with Crippen LogP contribution >= 0.6 is 0 Å². The summed E-state index contributed by atoms with van der Waals surface area (Å²) in [4.78, 5) is 9.08. The van der Waals surface area contributed by atoms with Crippen LogP contribution in [0, 0.1) is 0 Å². The van der Waals surface area contributed by atoms with Crippen molar-refractivity contribution in [1.82, 2.24) is 19.9 Å². The van der Waals surface area contributed by atoms with Gasteiger partial charge in [0.25, 0.3) is 0 Å². The summed E-state index contributed by atoms with van der Waals surface area (Å²) >= 11 is 0. The molecular formula is C13H20N4. The molecule has 2 aromatic heterocycles. The zero-order valence-corrected chi connectivity index (χ0v) is 10.8. The van der Waals surface area contributed by atoms with Gasteiger partial charge in [-0.3, -0.25) is 0 Å². The Bertz CT molecular complexity index is 489. The number of pyridine rings is 1. The Balaban J connectivity index is 2.38. The lowest BCUT2D eigenvalue weighted by Gasteiger charge is -2.14. The molecule has 0 aromatic carbocycles. The molecular weight excluding hydrogens is 212 g/mol. The van der Waals surface area contributed by atoms with E-state index in [4.69, 9.17) is 0 Å². The topological polar surface area (TPSA) is 42.7 Å². The lowest BCUT2D eigenvalue weighted by molar-refractivity contribution is 0.520. The van der Waals surface area contributed by atoms with Crippen LogP contribution in [0.15, 0.2) is 18.3 Å². The van der Waals surface area contributed by atoms with Crippen LogP contribution < -0.4 is 5.32 Å². The predicted octanol–water partition coefficient (Wildman–Crippen LogP) is 2.51. The van der Waals surface area contributed by atoms with Crippen molar-refractivity contribution in [3.63, 3.8) is 0 Å². The van der Waals surface area contributed by atoms with Gasteiger partial charge >= 0.3 is 0 Å². The van der Waals surface area contributed by atoms with Gasteiger partial charge in [0.05, 0.1) is 6.04 Å². The van der Waals surface area contributed by atoms with Gasteiger partial charge in [-0.15, -0.1) is 0 Å². The van der Waals surface area contributed by atoms with Crippen molar-refractivity contribution in [2.45, 2.75) is 39.8 Å². The third-order valence-corrected chi connectivity index (χ3v) is 2.94. The molecule has 0 saturated heterocycles. The molecule has 0 bridgehead atoms. The van der Waals surface area contributed by atoms with Crippen LogP contribution in [-0.2, 0) is 6.54 Å². The van der Waals surface area contributed by atoms with Crippen LogP contribution in [0.25, 0.3) is 11.2 Å². The monoisotopic (exact) mass is 232 g/mol. The van der Waals surface area contributed by atoms with Gasteiger partial charge in [-0.1, -0.05) is 6.92 Å². The summed E-state index contributed by atoms with van der Waals surface area (Å²) in [6.07, 6.45) is 2.96. The molecule has 17 heavy (non-hydrogen) atoms. The van der Waals surface area contributed by atoms with E-state index in [1.165, 1.54) is 0 Å². The molecule has 1 atom stereocenters. The van der Waals surface area contributed by atoms with E-state index < -0.39 is 0 Å². The zero-order valence-electron chi connectivity index (χ0n) is 10.8. The fourth-order valence-electron chi connectivity index (χ4n) is 2.07. The number of aryl methyl sites for hydroxylation is 1. The normalized spacial score (nSPS) is 13.1. The van der Waals surface area contributed by atoms with Crippen molar-refractivity contribution in [2.75, 3.05) is 6.54 Å². The number of aromatic nitrogens is 3. The molecule has 0 aliphatic rings. The highest BCUT2D eigenvalue weighted by molar-refractivity contribution is 5.71. The van der Waals surface area contributed by atoms with Crippen LogP contribution in [0.3, 0.4) is 0 Å². The Morgan fingerprint density at radius 2 is 2.24 bits per heavy atom. The molecule has 0 radical (unpaired) electrons. The highest BCUT2D eigenvalue weighted by Crippen LogP contribution is 2.18. The van der Waals surface area contributed by atoms with Crippen molar-refractivity contribution in [3.05, 3.63) is 24.2 Å². The number of imidazole rings is 1. The number of hydrogen-bond donors (Lipinski definition) is 1. The van der Waals surface area contributed by atoms with Gasteiger partial charge in [0.2, 0.25) is 0 Å². The second-order valence-corrected chi connectivity index (χ2v) is 4.24. The van der Waals surface area contributed by atoms with Crippen molar-refractivity contribution < 1.29 is 0 Å². The van der Waals surface area contributed by atoms with Gasteiger partial charge in [0.1, 0.15) is 11.3 Å². The molecule has 1 N–H and O–H groups in total. The molecule has 0 spiro atoms. The number of hydrogen-bond acceptors (Lipinski definition) is 3. The summed E-state index contributed by atoms with van der Waals surface area (Å²) in [5.41, 5.74) is 1.96. The standard InChI is InChI=1S/C13H20N4/c1-4-8-14-10(3)12-16-11-7-6-9-15-13(11)17(12)5-2/h6-7,9-10,14H,4-5,8H2,1-3H3. The van der Waals surface area contributed by atoms with Gasteiger partial charge in [0.15, 0.2) is 5.65 Å². The summed E-state index contributed by atoms with van der Waals surface area (Å²) < 4.78 is 2.18. The Hall–Kier alpha value is -1.42. The molecule has 1 unspecified atom stereocenters.